The highest BCUT2D eigenvalue weighted by Crippen LogP contribution is 2.44. The van der Waals surface area contributed by atoms with E-state index in [1.54, 1.807) is 4.90 Å². The van der Waals surface area contributed by atoms with Crippen LogP contribution in [0, 0.1) is 0 Å². The highest BCUT2D eigenvalue weighted by Gasteiger charge is 2.32. The number of nitrogens with zero attached hydrogens (tertiary/aromatic N) is 1. The molecule has 2 N–H and O–H groups in total. The molecule has 4 rings (SSSR count). The minimum Gasteiger partial charge on any atom is -0.481 e. The molecular formula is C28H34N2O5. The third-order valence-electron chi connectivity index (χ3n) is 7.10. The Bertz CT molecular complexity index is 1020. The highest BCUT2D eigenvalue weighted by atomic mass is 16.5. The Morgan fingerprint density at radius 1 is 1.09 bits per heavy atom. The number of unbranched alkanes of at least 4 members (excludes halogenated alkanes) is 1. The lowest BCUT2D eigenvalue weighted by Gasteiger charge is -2.26. The first-order valence-corrected chi connectivity index (χ1v) is 12.6. The molecule has 1 saturated heterocycles. The van der Waals surface area contributed by atoms with Gasteiger partial charge in [0.05, 0.1) is 6.42 Å². The molecular weight excluding hydrogens is 444 g/mol. The minimum atomic E-state index is -0.894. The van der Waals surface area contributed by atoms with Crippen molar-refractivity contribution < 1.29 is 24.2 Å². The summed E-state index contributed by atoms with van der Waals surface area (Å²) in [5.41, 5.74) is 4.64. The van der Waals surface area contributed by atoms with Crippen LogP contribution in [0.5, 0.6) is 0 Å². The number of nitrogens with one attached hydrogen (secondary N) is 1. The van der Waals surface area contributed by atoms with E-state index in [-0.39, 0.29) is 43.4 Å². The van der Waals surface area contributed by atoms with E-state index in [4.69, 9.17) is 9.84 Å². The SMILES string of the molecule is CCCCC(CC(=O)N1CCC[C@H]1CC(=O)O)NC(=O)OCC1c2ccccc2-c2ccccc21. The van der Waals surface area contributed by atoms with E-state index in [0.717, 1.165) is 30.4 Å². The molecule has 35 heavy (non-hydrogen) atoms. The summed E-state index contributed by atoms with van der Waals surface area (Å²) in [6, 6.07) is 15.8. The first-order valence-electron chi connectivity index (χ1n) is 12.6. The molecule has 1 fully saturated rings. The van der Waals surface area contributed by atoms with E-state index in [2.05, 4.69) is 36.5 Å². The maximum Gasteiger partial charge on any atom is 0.407 e. The Labute approximate surface area is 206 Å². The number of hydrogen-bond acceptors (Lipinski definition) is 4. The van der Waals surface area contributed by atoms with Gasteiger partial charge < -0.3 is 20.1 Å². The van der Waals surface area contributed by atoms with Gasteiger partial charge in [0.1, 0.15) is 6.61 Å². The van der Waals surface area contributed by atoms with Gasteiger partial charge in [0.25, 0.3) is 0 Å². The van der Waals surface area contributed by atoms with Crippen LogP contribution in [0.25, 0.3) is 11.1 Å². The number of carbonyl (C=O) groups excluding carboxylic acids is 2. The Kier molecular flexibility index (Phi) is 8.06. The van der Waals surface area contributed by atoms with Crippen molar-refractivity contribution in [2.24, 2.45) is 0 Å². The number of alkyl carbamates (subject to hydrolysis) is 1. The van der Waals surface area contributed by atoms with E-state index in [9.17, 15) is 14.4 Å². The van der Waals surface area contributed by atoms with Crippen molar-refractivity contribution in [2.75, 3.05) is 13.2 Å². The van der Waals surface area contributed by atoms with Crippen molar-refractivity contribution in [1.29, 1.82) is 0 Å². The monoisotopic (exact) mass is 478 g/mol. The van der Waals surface area contributed by atoms with Gasteiger partial charge in [-0.25, -0.2) is 4.79 Å². The third kappa shape index (κ3) is 5.84. The summed E-state index contributed by atoms with van der Waals surface area (Å²) in [4.78, 5) is 38.6. The number of ether oxygens (including phenoxy) is 1. The maximum atomic E-state index is 13.0. The highest BCUT2D eigenvalue weighted by molar-refractivity contribution is 5.80. The topological polar surface area (TPSA) is 95.9 Å². The number of carbonyl (C=O) groups is 3. The first kappa shape index (κ1) is 24.8. The summed E-state index contributed by atoms with van der Waals surface area (Å²) < 4.78 is 5.68. The molecule has 2 atom stereocenters. The van der Waals surface area contributed by atoms with E-state index in [1.165, 1.54) is 11.1 Å². The molecule has 2 amide bonds. The first-order chi connectivity index (χ1) is 17.0. The molecule has 1 aliphatic carbocycles. The number of carboxylic acid groups (broad SMARTS) is 1. The van der Waals surface area contributed by atoms with Crippen molar-refractivity contribution >= 4 is 18.0 Å². The summed E-state index contributed by atoms with van der Waals surface area (Å²) in [7, 11) is 0. The molecule has 2 aliphatic rings. The molecule has 0 radical (unpaired) electrons. The maximum absolute atomic E-state index is 13.0. The molecule has 7 heteroatoms. The van der Waals surface area contributed by atoms with Crippen LogP contribution in [0.4, 0.5) is 4.79 Å². The van der Waals surface area contributed by atoms with Crippen LogP contribution in [0.1, 0.15) is 68.9 Å². The number of benzene rings is 2. The van der Waals surface area contributed by atoms with Crippen molar-refractivity contribution in [3.8, 4) is 11.1 Å². The van der Waals surface area contributed by atoms with Crippen LogP contribution >= 0.6 is 0 Å². The summed E-state index contributed by atoms with van der Waals surface area (Å²) in [6.07, 6.45) is 3.60. The molecule has 2 aromatic rings. The van der Waals surface area contributed by atoms with E-state index in [0.29, 0.717) is 19.4 Å². The fourth-order valence-electron chi connectivity index (χ4n) is 5.39. The minimum absolute atomic E-state index is 0.0229. The van der Waals surface area contributed by atoms with Crippen LogP contribution in [0.3, 0.4) is 0 Å². The molecule has 0 bridgehead atoms. The molecule has 1 aliphatic heterocycles. The molecule has 0 aromatic heterocycles. The smallest absolute Gasteiger partial charge is 0.407 e. The number of rotatable bonds is 10. The average Bonchev–Trinajstić information content (AvgIpc) is 3.43. The van der Waals surface area contributed by atoms with Gasteiger partial charge in [0.2, 0.25) is 5.91 Å². The summed E-state index contributed by atoms with van der Waals surface area (Å²) in [5.74, 6) is -1.02. The number of carboxylic acids is 1. The Morgan fingerprint density at radius 3 is 2.37 bits per heavy atom. The lowest BCUT2D eigenvalue weighted by atomic mass is 9.98. The zero-order valence-electron chi connectivity index (χ0n) is 20.2. The molecule has 7 nitrogen and oxygen atoms in total. The van der Waals surface area contributed by atoms with Crippen molar-refractivity contribution in [1.82, 2.24) is 10.2 Å². The Hall–Kier alpha value is -3.35. The molecule has 1 unspecified atom stereocenters. The van der Waals surface area contributed by atoms with Gasteiger partial charge in [0, 0.05) is 31.0 Å². The molecule has 2 aromatic carbocycles. The zero-order valence-corrected chi connectivity index (χ0v) is 20.2. The largest absolute Gasteiger partial charge is 0.481 e. The predicted molar refractivity (Wildman–Crippen MR) is 133 cm³/mol. The summed E-state index contributed by atoms with van der Waals surface area (Å²) in [6.45, 7) is 2.86. The average molecular weight is 479 g/mol. The van der Waals surface area contributed by atoms with E-state index >= 15 is 0 Å². The quantitative estimate of drug-likeness (QED) is 0.504. The van der Waals surface area contributed by atoms with E-state index in [1.807, 2.05) is 24.3 Å². The molecule has 0 saturated carbocycles. The van der Waals surface area contributed by atoms with Gasteiger partial charge in [0.15, 0.2) is 0 Å². The Morgan fingerprint density at radius 2 is 1.74 bits per heavy atom. The van der Waals surface area contributed by atoms with Crippen LogP contribution in [0.2, 0.25) is 0 Å². The van der Waals surface area contributed by atoms with Crippen LogP contribution in [0.15, 0.2) is 48.5 Å². The fourth-order valence-corrected chi connectivity index (χ4v) is 5.39. The summed E-state index contributed by atoms with van der Waals surface area (Å²) in [5, 5.41) is 12.1. The van der Waals surface area contributed by atoms with Crippen molar-refractivity contribution in [3.63, 3.8) is 0 Å². The van der Waals surface area contributed by atoms with Crippen molar-refractivity contribution in [3.05, 3.63) is 59.7 Å². The molecule has 1 heterocycles. The lowest BCUT2D eigenvalue weighted by molar-refractivity contribution is -0.140. The van der Waals surface area contributed by atoms with Gasteiger partial charge in [-0.2, -0.15) is 0 Å². The fraction of sp³-hybridized carbons (Fsp3) is 0.464. The number of likely N-dealkylation sites (tertiary alicyclic amines) is 1. The van der Waals surface area contributed by atoms with Gasteiger partial charge >= 0.3 is 12.1 Å². The van der Waals surface area contributed by atoms with Crippen LogP contribution in [-0.4, -0.2) is 53.2 Å². The molecule has 186 valence electrons. The van der Waals surface area contributed by atoms with E-state index < -0.39 is 12.1 Å². The number of aliphatic carboxylic acids is 1. The number of fused-ring (bicyclic) bond motifs is 3. The summed E-state index contributed by atoms with van der Waals surface area (Å²) >= 11 is 0. The van der Waals surface area contributed by atoms with Crippen LogP contribution in [-0.2, 0) is 14.3 Å². The van der Waals surface area contributed by atoms with Crippen LogP contribution < -0.4 is 5.32 Å². The van der Waals surface area contributed by atoms with Gasteiger partial charge in [-0.05, 0) is 41.5 Å². The predicted octanol–water partition coefficient (Wildman–Crippen LogP) is 4.94. The van der Waals surface area contributed by atoms with Crippen molar-refractivity contribution in [2.45, 2.75) is 69.9 Å². The zero-order chi connectivity index (χ0) is 24.8. The second-order valence-electron chi connectivity index (χ2n) is 9.49. The standard InChI is InChI=1S/C28H34N2O5/c1-2-3-9-19(16-26(31)30-15-8-10-20(30)17-27(32)33)29-28(34)35-18-25-23-13-6-4-11-21(23)22-12-5-7-14-24(22)25/h4-7,11-14,19-20,25H,2-3,8-10,15-18H2,1H3,(H,29,34)(H,32,33)/t19?,20-/m0/s1. The number of amides is 2. The third-order valence-corrected chi connectivity index (χ3v) is 7.10. The number of hydrogen-bond donors (Lipinski definition) is 2. The molecule has 0 spiro atoms. The normalized spacial score (nSPS) is 17.5. The lowest BCUT2D eigenvalue weighted by Crippen LogP contribution is -2.43. The van der Waals surface area contributed by atoms with Gasteiger partial charge in [-0.3, -0.25) is 9.59 Å². The second-order valence-corrected chi connectivity index (χ2v) is 9.49. The second kappa shape index (κ2) is 11.4. The van der Waals surface area contributed by atoms with Gasteiger partial charge in [-0.15, -0.1) is 0 Å². The van der Waals surface area contributed by atoms with Gasteiger partial charge in [-0.1, -0.05) is 68.3 Å². The Balaban J connectivity index is 1.37.